The molecule has 1 aliphatic heterocycles. The van der Waals surface area contributed by atoms with Crippen LogP contribution in [0, 0.1) is 5.92 Å². The molecule has 2 aromatic rings. The van der Waals surface area contributed by atoms with Crippen molar-refractivity contribution in [1.29, 1.82) is 0 Å². The van der Waals surface area contributed by atoms with Crippen molar-refractivity contribution in [1.82, 2.24) is 5.32 Å². The van der Waals surface area contributed by atoms with E-state index in [1.165, 1.54) is 11.1 Å². The second kappa shape index (κ2) is 7.36. The van der Waals surface area contributed by atoms with E-state index in [9.17, 15) is 9.59 Å². The molecule has 1 atom stereocenters. The SMILES string of the molecule is CCc1ccc(N2C(=O)[C@H](C=Nc3ccccc3)C(=O)NC2=S)cc1. The van der Waals surface area contributed by atoms with Gasteiger partial charge >= 0.3 is 0 Å². The summed E-state index contributed by atoms with van der Waals surface area (Å²) in [7, 11) is 0. The lowest BCUT2D eigenvalue weighted by Gasteiger charge is -2.31. The topological polar surface area (TPSA) is 61.8 Å². The third-order valence-corrected chi connectivity index (χ3v) is 4.22. The molecule has 1 saturated heterocycles. The van der Waals surface area contributed by atoms with Gasteiger partial charge in [0.15, 0.2) is 11.0 Å². The highest BCUT2D eigenvalue weighted by molar-refractivity contribution is 7.80. The van der Waals surface area contributed by atoms with Crippen LogP contribution in [0.1, 0.15) is 12.5 Å². The van der Waals surface area contributed by atoms with Crippen LogP contribution in [0.25, 0.3) is 0 Å². The Labute approximate surface area is 151 Å². The average Bonchev–Trinajstić information content (AvgIpc) is 2.62. The molecule has 2 amide bonds. The smallest absolute Gasteiger partial charge is 0.251 e. The van der Waals surface area contributed by atoms with Crippen molar-refractivity contribution in [3.63, 3.8) is 0 Å². The number of nitrogens with zero attached hydrogens (tertiary/aromatic N) is 2. The monoisotopic (exact) mass is 351 g/mol. The zero-order valence-electron chi connectivity index (χ0n) is 13.7. The summed E-state index contributed by atoms with van der Waals surface area (Å²) < 4.78 is 0. The van der Waals surface area contributed by atoms with Gasteiger partial charge in [-0.05, 0) is 48.5 Å². The quantitative estimate of drug-likeness (QED) is 0.523. The molecule has 0 spiro atoms. The maximum atomic E-state index is 12.8. The molecule has 1 fully saturated rings. The molecule has 0 aromatic heterocycles. The van der Waals surface area contributed by atoms with Crippen molar-refractivity contribution < 1.29 is 9.59 Å². The van der Waals surface area contributed by atoms with Crippen LogP contribution in [0.4, 0.5) is 11.4 Å². The van der Waals surface area contributed by atoms with Gasteiger partial charge in [-0.2, -0.15) is 0 Å². The lowest BCUT2D eigenvalue weighted by molar-refractivity contribution is -0.130. The van der Waals surface area contributed by atoms with Gasteiger partial charge < -0.3 is 5.32 Å². The highest BCUT2D eigenvalue weighted by Gasteiger charge is 2.38. The molecule has 126 valence electrons. The highest BCUT2D eigenvalue weighted by Crippen LogP contribution is 2.21. The molecule has 6 heteroatoms. The van der Waals surface area contributed by atoms with Crippen LogP contribution >= 0.6 is 12.2 Å². The minimum absolute atomic E-state index is 0.0867. The number of hydrogen-bond acceptors (Lipinski definition) is 4. The summed E-state index contributed by atoms with van der Waals surface area (Å²) >= 11 is 5.18. The fourth-order valence-corrected chi connectivity index (χ4v) is 2.82. The Kier molecular flexibility index (Phi) is 5.00. The number of aryl methyl sites for hydroxylation is 1. The van der Waals surface area contributed by atoms with Crippen molar-refractivity contribution in [2.24, 2.45) is 10.9 Å². The first-order valence-corrected chi connectivity index (χ1v) is 8.38. The summed E-state index contributed by atoms with van der Waals surface area (Å²) in [4.78, 5) is 30.6. The number of hydrogen-bond donors (Lipinski definition) is 1. The van der Waals surface area contributed by atoms with E-state index in [-0.39, 0.29) is 5.11 Å². The van der Waals surface area contributed by atoms with Gasteiger partial charge in [-0.3, -0.25) is 19.5 Å². The lowest BCUT2D eigenvalue weighted by Crippen LogP contribution is -2.58. The number of para-hydroxylation sites is 1. The molecule has 0 aliphatic carbocycles. The number of carbonyl (C=O) groups excluding carboxylic acids is 2. The standard InChI is InChI=1S/C19H17N3O2S/c1-2-13-8-10-15(11-9-13)22-18(24)16(17(23)21-19(22)25)12-20-14-6-4-3-5-7-14/h3-12,16H,2H2,1H3,(H,21,23,25)/t16-/m1/s1. The number of nitrogens with one attached hydrogen (secondary N) is 1. The maximum Gasteiger partial charge on any atom is 0.251 e. The van der Waals surface area contributed by atoms with Crippen LogP contribution in [0.5, 0.6) is 0 Å². The number of thiocarbonyl (C=S) groups is 1. The zero-order chi connectivity index (χ0) is 17.8. The van der Waals surface area contributed by atoms with E-state index >= 15 is 0 Å². The van der Waals surface area contributed by atoms with Crippen LogP contribution in [0.15, 0.2) is 59.6 Å². The second-order valence-corrected chi connectivity index (χ2v) is 5.97. The Morgan fingerprint density at radius 2 is 1.80 bits per heavy atom. The maximum absolute atomic E-state index is 12.8. The third kappa shape index (κ3) is 3.64. The van der Waals surface area contributed by atoms with E-state index in [0.717, 1.165) is 12.0 Å². The minimum Gasteiger partial charge on any atom is -0.301 e. The third-order valence-electron chi connectivity index (χ3n) is 3.93. The number of amides is 2. The van der Waals surface area contributed by atoms with Crippen LogP contribution < -0.4 is 10.2 Å². The van der Waals surface area contributed by atoms with Gasteiger partial charge in [0.2, 0.25) is 5.91 Å². The second-order valence-electron chi connectivity index (χ2n) is 5.58. The number of benzene rings is 2. The molecule has 0 radical (unpaired) electrons. The van der Waals surface area contributed by atoms with E-state index in [1.807, 2.05) is 42.5 Å². The van der Waals surface area contributed by atoms with Gasteiger partial charge in [-0.1, -0.05) is 37.3 Å². The predicted octanol–water partition coefficient (Wildman–Crippen LogP) is 3.02. The average molecular weight is 351 g/mol. The van der Waals surface area contributed by atoms with Gasteiger partial charge in [0, 0.05) is 6.21 Å². The predicted molar refractivity (Wildman–Crippen MR) is 102 cm³/mol. The highest BCUT2D eigenvalue weighted by atomic mass is 32.1. The van der Waals surface area contributed by atoms with E-state index in [2.05, 4.69) is 17.2 Å². The fraction of sp³-hybridized carbons (Fsp3) is 0.158. The van der Waals surface area contributed by atoms with Crippen molar-refractivity contribution in [2.75, 3.05) is 4.90 Å². The molecule has 0 saturated carbocycles. The van der Waals surface area contributed by atoms with Crippen LogP contribution in [-0.2, 0) is 16.0 Å². The van der Waals surface area contributed by atoms with E-state index in [1.54, 1.807) is 12.1 Å². The first-order chi connectivity index (χ1) is 12.1. The first-order valence-electron chi connectivity index (χ1n) is 7.97. The molecule has 3 rings (SSSR count). The minimum atomic E-state index is -1.02. The van der Waals surface area contributed by atoms with Gasteiger partial charge in [0.25, 0.3) is 5.91 Å². The van der Waals surface area contributed by atoms with Crippen LogP contribution in [0.2, 0.25) is 0 Å². The summed E-state index contributed by atoms with van der Waals surface area (Å²) in [6.45, 7) is 2.06. The molecule has 5 nitrogen and oxygen atoms in total. The van der Waals surface area contributed by atoms with E-state index in [4.69, 9.17) is 12.2 Å². The van der Waals surface area contributed by atoms with Crippen molar-refractivity contribution in [3.05, 3.63) is 60.2 Å². The molecule has 1 aliphatic rings. The Bertz CT molecular complexity index is 832. The normalized spacial score (nSPS) is 17.9. The summed E-state index contributed by atoms with van der Waals surface area (Å²) in [5, 5.41) is 2.67. The first kappa shape index (κ1) is 17.0. The summed E-state index contributed by atoms with van der Waals surface area (Å²) in [5.74, 6) is -1.88. The van der Waals surface area contributed by atoms with Crippen molar-refractivity contribution in [2.45, 2.75) is 13.3 Å². The molecule has 2 aromatic carbocycles. The number of rotatable bonds is 4. The lowest BCUT2D eigenvalue weighted by atomic mass is 10.1. The van der Waals surface area contributed by atoms with Crippen LogP contribution in [0.3, 0.4) is 0 Å². The summed E-state index contributed by atoms with van der Waals surface area (Å²) in [5.41, 5.74) is 2.46. The Morgan fingerprint density at radius 1 is 1.12 bits per heavy atom. The molecule has 1 heterocycles. The van der Waals surface area contributed by atoms with Crippen LogP contribution in [-0.4, -0.2) is 23.1 Å². The number of carbonyl (C=O) groups is 2. The van der Waals surface area contributed by atoms with Gasteiger partial charge in [-0.15, -0.1) is 0 Å². The van der Waals surface area contributed by atoms with Gasteiger partial charge in [-0.25, -0.2) is 0 Å². The van der Waals surface area contributed by atoms with Crippen molar-refractivity contribution >= 4 is 46.7 Å². The molecule has 0 bridgehead atoms. The molecule has 25 heavy (non-hydrogen) atoms. The molecular formula is C19H17N3O2S. The van der Waals surface area contributed by atoms with E-state index < -0.39 is 17.7 Å². The van der Waals surface area contributed by atoms with Gasteiger partial charge in [0.05, 0.1) is 11.4 Å². The Balaban J connectivity index is 1.87. The largest absolute Gasteiger partial charge is 0.301 e. The van der Waals surface area contributed by atoms with Gasteiger partial charge in [0.1, 0.15) is 0 Å². The summed E-state index contributed by atoms with van der Waals surface area (Å²) in [6.07, 6.45) is 2.27. The molecular weight excluding hydrogens is 334 g/mol. The zero-order valence-corrected chi connectivity index (χ0v) is 14.5. The fourth-order valence-electron chi connectivity index (χ4n) is 2.52. The molecule has 1 N–H and O–H groups in total. The number of anilines is 1. The Morgan fingerprint density at radius 3 is 2.44 bits per heavy atom. The molecule has 0 unspecified atom stereocenters. The number of aliphatic imine (C=N–C) groups is 1. The van der Waals surface area contributed by atoms with Crippen molar-refractivity contribution in [3.8, 4) is 0 Å². The Hall–Kier alpha value is -2.86. The van der Waals surface area contributed by atoms with E-state index in [0.29, 0.717) is 11.4 Å². The summed E-state index contributed by atoms with van der Waals surface area (Å²) in [6, 6.07) is 16.7.